The average molecular weight is 335 g/mol. The molecule has 0 bridgehead atoms. The number of benzene rings is 1. The van der Waals surface area contributed by atoms with Gasteiger partial charge in [-0.15, -0.1) is 0 Å². The molecule has 1 aromatic carbocycles. The highest BCUT2D eigenvalue weighted by molar-refractivity contribution is 6.06. The first-order valence-corrected chi connectivity index (χ1v) is 7.87. The highest BCUT2D eigenvalue weighted by atomic mass is 19.1. The number of hydrogen-bond donors (Lipinski definition) is 0. The summed E-state index contributed by atoms with van der Waals surface area (Å²) in [6.45, 7) is 0.437. The van der Waals surface area contributed by atoms with Gasteiger partial charge in [-0.3, -0.25) is 14.5 Å². The Morgan fingerprint density at radius 3 is 2.46 bits per heavy atom. The predicted octanol–water partition coefficient (Wildman–Crippen LogP) is 1.50. The van der Waals surface area contributed by atoms with Crippen LogP contribution in [0.5, 0.6) is 0 Å². The van der Waals surface area contributed by atoms with Gasteiger partial charge in [-0.25, -0.2) is 13.6 Å². The van der Waals surface area contributed by atoms with Gasteiger partial charge in [0.15, 0.2) is 0 Å². The number of para-hydroxylation sites is 1. The van der Waals surface area contributed by atoms with E-state index in [4.69, 9.17) is 0 Å². The zero-order valence-electron chi connectivity index (χ0n) is 12.7. The normalized spacial score (nSPS) is 26.8. The van der Waals surface area contributed by atoms with Crippen LogP contribution in [-0.2, 0) is 9.59 Å². The van der Waals surface area contributed by atoms with E-state index in [1.54, 1.807) is 0 Å². The molecule has 24 heavy (non-hydrogen) atoms. The van der Waals surface area contributed by atoms with E-state index in [1.807, 2.05) is 0 Å². The van der Waals surface area contributed by atoms with Crippen molar-refractivity contribution in [2.45, 2.75) is 31.3 Å². The Balaban J connectivity index is 1.61. The van der Waals surface area contributed by atoms with Crippen LogP contribution in [-0.4, -0.2) is 52.8 Å². The summed E-state index contributed by atoms with van der Waals surface area (Å²) < 4.78 is 27.9. The van der Waals surface area contributed by atoms with Gasteiger partial charge in [0.25, 0.3) is 5.91 Å². The van der Waals surface area contributed by atoms with Gasteiger partial charge in [-0.1, -0.05) is 6.07 Å². The number of rotatable bonds is 2. The molecule has 1 aromatic rings. The molecule has 6 nitrogen and oxygen atoms in total. The lowest BCUT2D eigenvalue weighted by Crippen LogP contribution is -2.43. The van der Waals surface area contributed by atoms with Gasteiger partial charge in [0.2, 0.25) is 5.91 Å². The summed E-state index contributed by atoms with van der Waals surface area (Å²) >= 11 is 0. The monoisotopic (exact) mass is 335 g/mol. The lowest BCUT2D eigenvalue weighted by atomic mass is 10.2. The molecule has 3 saturated heterocycles. The largest absolute Gasteiger partial charge is 0.327 e. The summed E-state index contributed by atoms with van der Waals surface area (Å²) in [7, 11) is 0. The molecule has 4 amide bonds. The molecular weight excluding hydrogens is 320 g/mol. The number of hydrogen-bond acceptors (Lipinski definition) is 3. The van der Waals surface area contributed by atoms with Crippen molar-refractivity contribution in [3.63, 3.8) is 0 Å². The molecule has 4 rings (SSSR count). The predicted molar refractivity (Wildman–Crippen MR) is 79.1 cm³/mol. The first-order chi connectivity index (χ1) is 11.5. The number of anilines is 1. The SMILES string of the molecule is O=C1C[C@@H](N2C(=O)[C@@H]3CCCN3C2=O)CN1c1c(F)cccc1F. The van der Waals surface area contributed by atoms with E-state index in [-0.39, 0.29) is 18.9 Å². The Kier molecular flexibility index (Phi) is 3.29. The van der Waals surface area contributed by atoms with Gasteiger partial charge >= 0.3 is 6.03 Å². The van der Waals surface area contributed by atoms with Crippen LogP contribution in [0.2, 0.25) is 0 Å². The standard InChI is InChI=1S/C16H15F2N3O3/c17-10-3-1-4-11(18)14(10)20-8-9(7-13(20)22)21-15(23)12-5-2-6-19(12)16(21)24/h1,3-4,9,12H,2,5-8H2/t9-,12+/m1/s1. The molecule has 0 radical (unpaired) electrons. The molecule has 3 aliphatic heterocycles. The Bertz CT molecular complexity index is 712. The summed E-state index contributed by atoms with van der Waals surface area (Å²) in [4.78, 5) is 40.7. The molecule has 0 aromatic heterocycles. The van der Waals surface area contributed by atoms with E-state index >= 15 is 0 Å². The maximum absolute atomic E-state index is 13.9. The summed E-state index contributed by atoms with van der Waals surface area (Å²) in [5.41, 5.74) is -0.426. The van der Waals surface area contributed by atoms with Crippen LogP contribution in [0.1, 0.15) is 19.3 Å². The summed E-state index contributed by atoms with van der Waals surface area (Å²) in [5, 5.41) is 0. The quantitative estimate of drug-likeness (QED) is 0.770. The molecule has 8 heteroatoms. The van der Waals surface area contributed by atoms with E-state index in [0.29, 0.717) is 13.0 Å². The minimum Gasteiger partial charge on any atom is -0.312 e. The van der Waals surface area contributed by atoms with Gasteiger partial charge < -0.3 is 9.80 Å². The lowest BCUT2D eigenvalue weighted by molar-refractivity contribution is -0.129. The fourth-order valence-electron chi connectivity index (χ4n) is 3.81. The smallest absolute Gasteiger partial charge is 0.312 e. The van der Waals surface area contributed by atoms with E-state index in [9.17, 15) is 23.2 Å². The summed E-state index contributed by atoms with van der Waals surface area (Å²) in [6, 6.07) is 1.81. The number of carbonyl (C=O) groups excluding carboxylic acids is 3. The molecular formula is C16H15F2N3O3. The second-order valence-corrected chi connectivity index (χ2v) is 6.27. The van der Waals surface area contributed by atoms with Crippen LogP contribution in [0.25, 0.3) is 0 Å². The van der Waals surface area contributed by atoms with Crippen molar-refractivity contribution in [1.29, 1.82) is 0 Å². The van der Waals surface area contributed by atoms with Crippen molar-refractivity contribution in [2.75, 3.05) is 18.0 Å². The second-order valence-electron chi connectivity index (χ2n) is 6.27. The number of imide groups is 1. The molecule has 3 fully saturated rings. The van der Waals surface area contributed by atoms with Crippen LogP contribution in [0, 0.1) is 11.6 Å². The number of urea groups is 1. The Hall–Kier alpha value is -2.51. The van der Waals surface area contributed by atoms with Gasteiger partial charge in [0, 0.05) is 19.5 Å². The molecule has 3 aliphatic rings. The minimum atomic E-state index is -0.844. The van der Waals surface area contributed by atoms with Gasteiger partial charge in [-0.05, 0) is 25.0 Å². The van der Waals surface area contributed by atoms with Crippen molar-refractivity contribution in [2.24, 2.45) is 0 Å². The third kappa shape index (κ3) is 2.02. The molecule has 0 aliphatic carbocycles. The number of amides is 4. The van der Waals surface area contributed by atoms with Crippen molar-refractivity contribution < 1.29 is 23.2 Å². The van der Waals surface area contributed by atoms with Crippen LogP contribution in [0.4, 0.5) is 19.3 Å². The minimum absolute atomic E-state index is 0.0886. The van der Waals surface area contributed by atoms with E-state index < -0.39 is 41.3 Å². The van der Waals surface area contributed by atoms with Gasteiger partial charge in [0.05, 0.1) is 6.04 Å². The zero-order valence-corrected chi connectivity index (χ0v) is 12.7. The summed E-state index contributed by atoms with van der Waals surface area (Å²) in [6.07, 6.45) is 1.28. The number of carbonyl (C=O) groups is 3. The van der Waals surface area contributed by atoms with Crippen LogP contribution >= 0.6 is 0 Å². The maximum atomic E-state index is 13.9. The van der Waals surface area contributed by atoms with Crippen molar-refractivity contribution in [1.82, 2.24) is 9.80 Å². The topological polar surface area (TPSA) is 60.9 Å². The maximum Gasteiger partial charge on any atom is 0.327 e. The number of halogens is 2. The molecule has 0 N–H and O–H groups in total. The van der Waals surface area contributed by atoms with Crippen LogP contribution in [0.15, 0.2) is 18.2 Å². The van der Waals surface area contributed by atoms with E-state index in [2.05, 4.69) is 0 Å². The third-order valence-corrected chi connectivity index (χ3v) is 4.90. The van der Waals surface area contributed by atoms with Crippen LogP contribution in [0.3, 0.4) is 0 Å². The molecule has 0 saturated carbocycles. The van der Waals surface area contributed by atoms with Crippen molar-refractivity contribution in [3.05, 3.63) is 29.8 Å². The fourth-order valence-corrected chi connectivity index (χ4v) is 3.81. The molecule has 3 heterocycles. The number of nitrogens with zero attached hydrogens (tertiary/aromatic N) is 3. The molecule has 2 atom stereocenters. The first kappa shape index (κ1) is 15.0. The van der Waals surface area contributed by atoms with E-state index in [1.165, 1.54) is 11.0 Å². The van der Waals surface area contributed by atoms with Crippen LogP contribution < -0.4 is 4.90 Å². The first-order valence-electron chi connectivity index (χ1n) is 7.87. The average Bonchev–Trinajstić information content (AvgIpc) is 3.19. The Labute approximate surface area is 136 Å². The third-order valence-electron chi connectivity index (χ3n) is 4.90. The van der Waals surface area contributed by atoms with Crippen molar-refractivity contribution >= 4 is 23.5 Å². The van der Waals surface area contributed by atoms with Crippen molar-refractivity contribution in [3.8, 4) is 0 Å². The van der Waals surface area contributed by atoms with E-state index in [0.717, 1.165) is 28.4 Å². The molecule has 0 spiro atoms. The van der Waals surface area contributed by atoms with Gasteiger partial charge in [0.1, 0.15) is 23.4 Å². The lowest BCUT2D eigenvalue weighted by Gasteiger charge is -2.23. The fraction of sp³-hybridized carbons (Fsp3) is 0.438. The summed E-state index contributed by atoms with van der Waals surface area (Å²) in [5.74, 6) is -2.50. The Morgan fingerprint density at radius 2 is 1.79 bits per heavy atom. The second kappa shape index (κ2) is 5.25. The van der Waals surface area contributed by atoms with Gasteiger partial charge in [-0.2, -0.15) is 0 Å². The number of fused-ring (bicyclic) bond motifs is 1. The Morgan fingerprint density at radius 1 is 1.08 bits per heavy atom. The highest BCUT2D eigenvalue weighted by Crippen LogP contribution is 2.34. The highest BCUT2D eigenvalue weighted by Gasteiger charge is 2.52. The molecule has 0 unspecified atom stereocenters. The molecule has 126 valence electrons. The zero-order chi connectivity index (χ0) is 17.0.